The van der Waals surface area contributed by atoms with Gasteiger partial charge >= 0.3 is 5.69 Å². The first-order valence-corrected chi connectivity index (χ1v) is 8.41. The maximum Gasteiger partial charge on any atom is 0.316 e. The minimum absolute atomic E-state index is 0.217. The summed E-state index contributed by atoms with van der Waals surface area (Å²) in [7, 11) is 0. The Kier molecular flexibility index (Phi) is 7.32. The molecule has 2 aromatic rings. The number of phenols is 2. The van der Waals surface area contributed by atoms with E-state index in [-0.39, 0.29) is 20.7 Å². The highest BCUT2D eigenvalue weighted by Gasteiger charge is 2.22. The van der Waals surface area contributed by atoms with Gasteiger partial charge in [0.2, 0.25) is 5.75 Å². The third-order valence-corrected chi connectivity index (χ3v) is 4.44. The Morgan fingerprint density at radius 3 is 2.25 bits per heavy atom. The third kappa shape index (κ3) is 5.00. The summed E-state index contributed by atoms with van der Waals surface area (Å²) >= 11 is 14.4. The van der Waals surface area contributed by atoms with Gasteiger partial charge in [0.1, 0.15) is 5.75 Å². The van der Waals surface area contributed by atoms with Crippen LogP contribution in [0.5, 0.6) is 11.5 Å². The zero-order valence-corrected chi connectivity index (χ0v) is 16.3. The molecule has 0 aliphatic rings. The van der Waals surface area contributed by atoms with Gasteiger partial charge in [-0.25, -0.2) is 0 Å². The highest BCUT2D eigenvalue weighted by molar-refractivity contribution is 9.10. The van der Waals surface area contributed by atoms with E-state index in [2.05, 4.69) is 15.9 Å². The Morgan fingerprint density at radius 1 is 1.21 bits per heavy atom. The monoisotopic (exact) mass is 435 g/mol. The van der Waals surface area contributed by atoms with Crippen LogP contribution in [0.3, 0.4) is 0 Å². The van der Waals surface area contributed by atoms with Gasteiger partial charge in [-0.15, -0.1) is 0 Å². The summed E-state index contributed by atoms with van der Waals surface area (Å²) < 4.78 is 0.217. The number of aromatic hydroxyl groups is 2. The van der Waals surface area contributed by atoms with Crippen molar-refractivity contribution in [1.82, 2.24) is 0 Å². The van der Waals surface area contributed by atoms with Crippen LogP contribution >= 0.6 is 39.1 Å². The predicted octanol–water partition coefficient (Wildman–Crippen LogP) is 6.19. The molecular formula is C16H16BrCl2NO4. The van der Waals surface area contributed by atoms with E-state index < -0.39 is 10.7 Å². The fraction of sp³-hybridized carbons (Fsp3) is 0.250. The Morgan fingerprint density at radius 2 is 1.79 bits per heavy atom. The van der Waals surface area contributed by atoms with Crippen LogP contribution < -0.4 is 0 Å². The summed E-state index contributed by atoms with van der Waals surface area (Å²) in [4.78, 5) is 9.85. The quantitative estimate of drug-likeness (QED) is 0.433. The van der Waals surface area contributed by atoms with Crippen molar-refractivity contribution >= 4 is 44.8 Å². The van der Waals surface area contributed by atoms with Crippen LogP contribution in [0, 0.1) is 17.0 Å². The minimum atomic E-state index is -0.665. The normalized spacial score (nSPS) is 10.3. The maximum absolute atomic E-state index is 10.5. The molecule has 0 bridgehead atoms. The van der Waals surface area contributed by atoms with E-state index in [9.17, 15) is 20.3 Å². The lowest BCUT2D eigenvalue weighted by Gasteiger charge is -2.07. The molecule has 0 amide bonds. The fourth-order valence-electron chi connectivity index (χ4n) is 1.90. The number of hydrogen-bond donors (Lipinski definition) is 2. The van der Waals surface area contributed by atoms with Crippen LogP contribution in [0.25, 0.3) is 0 Å². The number of benzene rings is 2. The largest absolute Gasteiger partial charge is 0.508 e. The zero-order chi connectivity index (χ0) is 18.6. The summed E-state index contributed by atoms with van der Waals surface area (Å²) in [6.45, 7) is 5.52. The molecule has 0 spiro atoms. The molecule has 0 saturated heterocycles. The van der Waals surface area contributed by atoms with Crippen LogP contribution in [0.1, 0.15) is 30.9 Å². The van der Waals surface area contributed by atoms with Gasteiger partial charge in [0.05, 0.1) is 14.4 Å². The van der Waals surface area contributed by atoms with Crippen LogP contribution in [-0.2, 0) is 0 Å². The molecule has 0 aliphatic heterocycles. The Balaban J connectivity index is 0.000000243. The summed E-state index contributed by atoms with van der Waals surface area (Å²) in [6.07, 6.45) is 0. The molecule has 0 radical (unpaired) electrons. The fourth-order valence-corrected chi connectivity index (χ4v) is 2.83. The SMILES string of the molecule is CC(C)c1cc(Cl)ccc1O.Cc1c(Cl)cc(Br)c(O)c1[N+](=O)[O-]. The van der Waals surface area contributed by atoms with Crippen LogP contribution in [0.15, 0.2) is 28.7 Å². The number of hydrogen-bond acceptors (Lipinski definition) is 4. The molecule has 130 valence electrons. The molecule has 0 aliphatic carbocycles. The Bertz CT molecular complexity index is 740. The average molecular weight is 437 g/mol. The summed E-state index contributed by atoms with van der Waals surface area (Å²) in [5.74, 6) is 0.241. The molecule has 0 saturated carbocycles. The molecule has 0 aromatic heterocycles. The van der Waals surface area contributed by atoms with Crippen molar-refractivity contribution in [3.63, 3.8) is 0 Å². The lowest BCUT2D eigenvalue weighted by atomic mass is 10.0. The number of nitrogens with zero attached hydrogens (tertiary/aromatic N) is 1. The predicted molar refractivity (Wildman–Crippen MR) is 99.4 cm³/mol. The second-order valence-electron chi connectivity index (χ2n) is 5.28. The standard InChI is InChI=1S/C9H11ClO.C7H5BrClNO3/c1-6(2)8-5-7(10)3-4-9(8)11;1-3-5(9)2-4(8)7(11)6(3)10(12)13/h3-6,11H,1-2H3;2,11H,1H3. The van der Waals surface area contributed by atoms with E-state index in [1.807, 2.05) is 13.8 Å². The second-order valence-corrected chi connectivity index (χ2v) is 6.98. The molecule has 8 heteroatoms. The molecule has 0 heterocycles. The van der Waals surface area contributed by atoms with Gasteiger partial charge in [0.15, 0.2) is 0 Å². The van der Waals surface area contributed by atoms with Gasteiger partial charge in [0, 0.05) is 10.6 Å². The first kappa shape index (κ1) is 20.5. The summed E-state index contributed by atoms with van der Waals surface area (Å²) in [5, 5.41) is 30.1. The van der Waals surface area contributed by atoms with E-state index in [0.717, 1.165) is 5.56 Å². The Labute approximate surface area is 158 Å². The number of rotatable bonds is 2. The van der Waals surface area contributed by atoms with Crippen molar-refractivity contribution in [1.29, 1.82) is 0 Å². The average Bonchev–Trinajstić information content (AvgIpc) is 2.48. The van der Waals surface area contributed by atoms with E-state index in [4.69, 9.17) is 23.2 Å². The van der Waals surface area contributed by atoms with Crippen molar-refractivity contribution in [2.24, 2.45) is 0 Å². The third-order valence-electron chi connectivity index (χ3n) is 3.21. The number of nitro groups is 1. The summed E-state index contributed by atoms with van der Waals surface area (Å²) in [6, 6.07) is 6.52. The lowest BCUT2D eigenvalue weighted by molar-refractivity contribution is -0.386. The molecule has 5 nitrogen and oxygen atoms in total. The van der Waals surface area contributed by atoms with E-state index in [0.29, 0.717) is 16.7 Å². The number of halogens is 3. The minimum Gasteiger partial charge on any atom is -0.508 e. The van der Waals surface area contributed by atoms with E-state index in [1.54, 1.807) is 18.2 Å². The van der Waals surface area contributed by atoms with Gasteiger partial charge in [0.25, 0.3) is 0 Å². The number of nitro benzene ring substituents is 1. The van der Waals surface area contributed by atoms with Crippen molar-refractivity contribution in [2.75, 3.05) is 0 Å². The molecular weight excluding hydrogens is 421 g/mol. The first-order chi connectivity index (χ1) is 11.1. The van der Waals surface area contributed by atoms with Gasteiger partial charge in [-0.2, -0.15) is 0 Å². The highest BCUT2D eigenvalue weighted by Crippen LogP contribution is 2.40. The van der Waals surface area contributed by atoms with Crippen LogP contribution in [-0.4, -0.2) is 15.1 Å². The summed E-state index contributed by atoms with van der Waals surface area (Å²) in [5.41, 5.74) is 0.796. The van der Waals surface area contributed by atoms with Crippen molar-refractivity contribution < 1.29 is 15.1 Å². The van der Waals surface area contributed by atoms with E-state index >= 15 is 0 Å². The molecule has 2 aromatic carbocycles. The smallest absolute Gasteiger partial charge is 0.316 e. The van der Waals surface area contributed by atoms with E-state index in [1.165, 1.54) is 13.0 Å². The van der Waals surface area contributed by atoms with Gasteiger partial charge in [-0.3, -0.25) is 10.1 Å². The molecule has 0 atom stereocenters. The molecule has 24 heavy (non-hydrogen) atoms. The lowest BCUT2D eigenvalue weighted by Crippen LogP contribution is -1.93. The zero-order valence-electron chi connectivity index (χ0n) is 13.2. The second kappa shape index (κ2) is 8.55. The van der Waals surface area contributed by atoms with Crippen molar-refractivity contribution in [3.8, 4) is 11.5 Å². The highest BCUT2D eigenvalue weighted by atomic mass is 79.9. The number of phenolic OH excluding ortho intramolecular Hbond substituents is 2. The molecule has 0 unspecified atom stereocenters. The van der Waals surface area contributed by atoms with Crippen molar-refractivity contribution in [2.45, 2.75) is 26.7 Å². The van der Waals surface area contributed by atoms with Crippen LogP contribution in [0.4, 0.5) is 5.69 Å². The molecule has 2 rings (SSSR count). The first-order valence-electron chi connectivity index (χ1n) is 6.86. The van der Waals surface area contributed by atoms with Gasteiger partial charge in [-0.1, -0.05) is 37.0 Å². The molecule has 2 N–H and O–H groups in total. The molecule has 0 fully saturated rings. The maximum atomic E-state index is 10.5. The van der Waals surface area contributed by atoms with Crippen molar-refractivity contribution in [3.05, 3.63) is 60.0 Å². The topological polar surface area (TPSA) is 83.6 Å². The van der Waals surface area contributed by atoms with Crippen LogP contribution in [0.2, 0.25) is 10.0 Å². The van der Waals surface area contributed by atoms with Gasteiger partial charge in [-0.05, 0) is 58.6 Å². The Hall–Kier alpha value is -1.50. The van der Waals surface area contributed by atoms with Gasteiger partial charge < -0.3 is 10.2 Å².